The predicted molar refractivity (Wildman–Crippen MR) is 47.8 cm³/mol. The molecule has 0 atom stereocenters. The molecule has 2 N–H and O–H groups in total. The SMILES string of the molecule is COc1ccc(F)c(B(O)O)c1Cl. The summed E-state index contributed by atoms with van der Waals surface area (Å²) in [6.45, 7) is 0. The Morgan fingerprint density at radius 1 is 1.46 bits per heavy atom. The zero-order valence-corrected chi connectivity index (χ0v) is 7.55. The van der Waals surface area contributed by atoms with Gasteiger partial charge in [0, 0.05) is 5.46 Å². The standard InChI is InChI=1S/C7H7BClFO3/c1-13-5-3-2-4(10)6(7(5)9)8(11)12/h2-3,11-12H,1H3. The van der Waals surface area contributed by atoms with Gasteiger partial charge in [-0.3, -0.25) is 0 Å². The van der Waals surface area contributed by atoms with Gasteiger partial charge in [0.15, 0.2) is 0 Å². The number of methoxy groups -OCH3 is 1. The lowest BCUT2D eigenvalue weighted by molar-refractivity contribution is 0.410. The average Bonchev–Trinajstić information content (AvgIpc) is 2.04. The highest BCUT2D eigenvalue weighted by Gasteiger charge is 2.22. The predicted octanol–water partition coefficient (Wildman–Crippen LogP) is 0.167. The summed E-state index contributed by atoms with van der Waals surface area (Å²) in [6.07, 6.45) is 0. The number of hydrogen-bond acceptors (Lipinski definition) is 3. The third-order valence-corrected chi connectivity index (χ3v) is 1.96. The van der Waals surface area contributed by atoms with Crippen LogP contribution in [0.15, 0.2) is 12.1 Å². The van der Waals surface area contributed by atoms with Crippen molar-refractivity contribution in [1.82, 2.24) is 0 Å². The molecule has 0 heterocycles. The van der Waals surface area contributed by atoms with Crippen molar-refractivity contribution in [2.75, 3.05) is 7.11 Å². The Morgan fingerprint density at radius 2 is 2.08 bits per heavy atom. The van der Waals surface area contributed by atoms with Crippen molar-refractivity contribution >= 4 is 24.2 Å². The first kappa shape index (κ1) is 10.3. The summed E-state index contributed by atoms with van der Waals surface area (Å²) in [5, 5.41) is 17.4. The van der Waals surface area contributed by atoms with E-state index in [1.165, 1.54) is 13.2 Å². The molecule has 0 radical (unpaired) electrons. The molecular weight excluding hydrogens is 197 g/mol. The quantitative estimate of drug-likeness (QED) is 0.675. The molecule has 0 spiro atoms. The summed E-state index contributed by atoms with van der Waals surface area (Å²) in [7, 11) is -0.588. The summed E-state index contributed by atoms with van der Waals surface area (Å²) < 4.78 is 17.7. The summed E-state index contributed by atoms with van der Waals surface area (Å²) in [5.41, 5.74) is -0.374. The van der Waals surface area contributed by atoms with Crippen LogP contribution in [0, 0.1) is 5.82 Å². The molecular formula is C7H7BClFO3. The number of benzene rings is 1. The Morgan fingerprint density at radius 3 is 2.54 bits per heavy atom. The van der Waals surface area contributed by atoms with Crippen LogP contribution in [0.5, 0.6) is 5.75 Å². The molecule has 0 unspecified atom stereocenters. The van der Waals surface area contributed by atoms with Gasteiger partial charge in [0.25, 0.3) is 0 Å². The Bertz CT molecular complexity index is 319. The highest BCUT2D eigenvalue weighted by molar-refractivity contribution is 6.63. The molecule has 0 aliphatic carbocycles. The third kappa shape index (κ3) is 1.93. The number of rotatable bonds is 2. The zero-order chi connectivity index (χ0) is 10.0. The fraction of sp³-hybridized carbons (Fsp3) is 0.143. The van der Waals surface area contributed by atoms with E-state index in [1.807, 2.05) is 0 Å². The molecule has 1 aromatic carbocycles. The fourth-order valence-corrected chi connectivity index (χ4v) is 1.27. The largest absolute Gasteiger partial charge is 0.495 e. The molecule has 3 nitrogen and oxygen atoms in total. The topological polar surface area (TPSA) is 49.7 Å². The third-order valence-electron chi connectivity index (χ3n) is 1.57. The molecule has 1 rings (SSSR count). The highest BCUT2D eigenvalue weighted by Crippen LogP contribution is 2.22. The zero-order valence-electron chi connectivity index (χ0n) is 6.79. The minimum Gasteiger partial charge on any atom is -0.495 e. The molecule has 0 fully saturated rings. The number of halogens is 2. The lowest BCUT2D eigenvalue weighted by atomic mass is 9.79. The van der Waals surface area contributed by atoms with E-state index in [0.717, 1.165) is 6.07 Å². The molecule has 0 aliphatic rings. The Labute approximate surface area is 79.9 Å². The van der Waals surface area contributed by atoms with Gasteiger partial charge in [0.05, 0.1) is 12.1 Å². The maximum Gasteiger partial charge on any atom is 0.493 e. The maximum atomic E-state index is 13.0. The van der Waals surface area contributed by atoms with E-state index in [1.54, 1.807) is 0 Å². The Balaban J connectivity index is 3.30. The first-order valence-corrected chi connectivity index (χ1v) is 3.83. The highest BCUT2D eigenvalue weighted by atomic mass is 35.5. The van der Waals surface area contributed by atoms with Crippen LogP contribution in [0.1, 0.15) is 0 Å². The second-order valence-electron chi connectivity index (χ2n) is 2.35. The van der Waals surface area contributed by atoms with Gasteiger partial charge in [-0.1, -0.05) is 11.6 Å². The number of hydrogen-bond donors (Lipinski definition) is 2. The molecule has 0 aromatic heterocycles. The molecule has 0 aliphatic heterocycles. The molecule has 0 amide bonds. The van der Waals surface area contributed by atoms with E-state index in [-0.39, 0.29) is 16.2 Å². The van der Waals surface area contributed by atoms with E-state index in [0.29, 0.717) is 0 Å². The van der Waals surface area contributed by atoms with Gasteiger partial charge in [-0.25, -0.2) is 4.39 Å². The normalized spacial score (nSPS) is 9.92. The second kappa shape index (κ2) is 3.96. The van der Waals surface area contributed by atoms with Crippen LogP contribution in [0.25, 0.3) is 0 Å². The van der Waals surface area contributed by atoms with Crippen molar-refractivity contribution in [3.63, 3.8) is 0 Å². The second-order valence-corrected chi connectivity index (χ2v) is 2.73. The lowest BCUT2D eigenvalue weighted by Crippen LogP contribution is -2.33. The first-order chi connectivity index (χ1) is 6.07. The van der Waals surface area contributed by atoms with Crippen molar-refractivity contribution in [3.05, 3.63) is 23.0 Å². The van der Waals surface area contributed by atoms with Crippen LogP contribution in [0.3, 0.4) is 0 Å². The summed E-state index contributed by atoms with van der Waals surface area (Å²) in [6, 6.07) is 2.36. The molecule has 70 valence electrons. The molecule has 0 saturated heterocycles. The minimum atomic E-state index is -1.94. The maximum absolute atomic E-state index is 13.0. The molecule has 0 saturated carbocycles. The smallest absolute Gasteiger partial charge is 0.493 e. The van der Waals surface area contributed by atoms with Crippen molar-refractivity contribution in [2.45, 2.75) is 0 Å². The van der Waals surface area contributed by atoms with Crippen LogP contribution >= 0.6 is 11.6 Å². The van der Waals surface area contributed by atoms with Gasteiger partial charge in [0.2, 0.25) is 0 Å². The van der Waals surface area contributed by atoms with E-state index in [2.05, 4.69) is 0 Å². The van der Waals surface area contributed by atoms with Crippen molar-refractivity contribution in [1.29, 1.82) is 0 Å². The molecule has 13 heavy (non-hydrogen) atoms. The van der Waals surface area contributed by atoms with E-state index >= 15 is 0 Å². The first-order valence-electron chi connectivity index (χ1n) is 3.46. The van der Waals surface area contributed by atoms with E-state index in [4.69, 9.17) is 26.4 Å². The van der Waals surface area contributed by atoms with Crippen LogP contribution in [0.4, 0.5) is 4.39 Å². The van der Waals surface area contributed by atoms with E-state index in [9.17, 15) is 4.39 Å². The van der Waals surface area contributed by atoms with Gasteiger partial charge in [0.1, 0.15) is 11.6 Å². The Kier molecular flexibility index (Phi) is 3.14. The van der Waals surface area contributed by atoms with Crippen molar-refractivity contribution in [2.24, 2.45) is 0 Å². The Hall–Kier alpha value is -0.775. The number of ether oxygens (including phenoxy) is 1. The van der Waals surface area contributed by atoms with Crippen LogP contribution in [0.2, 0.25) is 5.02 Å². The summed E-state index contributed by atoms with van der Waals surface area (Å²) >= 11 is 5.62. The molecule has 1 aromatic rings. The van der Waals surface area contributed by atoms with Crippen molar-refractivity contribution in [3.8, 4) is 5.75 Å². The van der Waals surface area contributed by atoms with Crippen molar-refractivity contribution < 1.29 is 19.2 Å². The van der Waals surface area contributed by atoms with Crippen LogP contribution < -0.4 is 10.2 Å². The monoisotopic (exact) mass is 204 g/mol. The van der Waals surface area contributed by atoms with E-state index < -0.39 is 12.9 Å². The fourth-order valence-electron chi connectivity index (χ4n) is 0.944. The van der Waals surface area contributed by atoms with Gasteiger partial charge < -0.3 is 14.8 Å². The van der Waals surface area contributed by atoms with Gasteiger partial charge in [-0.2, -0.15) is 0 Å². The van der Waals surface area contributed by atoms with Crippen LogP contribution in [-0.2, 0) is 0 Å². The van der Waals surface area contributed by atoms with Crippen LogP contribution in [-0.4, -0.2) is 24.3 Å². The average molecular weight is 204 g/mol. The van der Waals surface area contributed by atoms with Gasteiger partial charge >= 0.3 is 7.12 Å². The molecule has 0 bridgehead atoms. The lowest BCUT2D eigenvalue weighted by Gasteiger charge is -2.08. The van der Waals surface area contributed by atoms with Gasteiger partial charge in [-0.05, 0) is 12.1 Å². The summed E-state index contributed by atoms with van der Waals surface area (Å²) in [5.74, 6) is -0.577. The minimum absolute atomic E-state index is 0.127. The molecule has 6 heteroatoms. The summed E-state index contributed by atoms with van der Waals surface area (Å²) in [4.78, 5) is 0. The van der Waals surface area contributed by atoms with Gasteiger partial charge in [-0.15, -0.1) is 0 Å².